The summed E-state index contributed by atoms with van der Waals surface area (Å²) in [4.78, 5) is 36.8. The lowest BCUT2D eigenvalue weighted by atomic mass is 10.1. The van der Waals surface area contributed by atoms with Gasteiger partial charge in [0.05, 0.1) is 29.0 Å². The number of carbonyl (C=O) groups excluding carboxylic acids is 2. The van der Waals surface area contributed by atoms with Gasteiger partial charge in [-0.05, 0) is 6.07 Å². The third-order valence-electron chi connectivity index (χ3n) is 4.46. The SMILES string of the molecule is COCC(=O)N[C@@H]1CS(=O)(=O)C[C@H]1NC(=O)c1nn(C)c(=O)c2ccccc12. The van der Waals surface area contributed by atoms with Crippen LogP contribution >= 0.6 is 0 Å². The summed E-state index contributed by atoms with van der Waals surface area (Å²) in [7, 11) is -0.658. The Bertz CT molecular complexity index is 1090. The summed E-state index contributed by atoms with van der Waals surface area (Å²) in [5.41, 5.74) is -0.343. The molecule has 1 aliphatic heterocycles. The highest BCUT2D eigenvalue weighted by Crippen LogP contribution is 2.16. The Morgan fingerprint density at radius 1 is 1.18 bits per heavy atom. The molecule has 2 aromatic rings. The second kappa shape index (κ2) is 7.68. The van der Waals surface area contributed by atoms with E-state index >= 15 is 0 Å². The van der Waals surface area contributed by atoms with Crippen LogP contribution in [0.3, 0.4) is 0 Å². The van der Waals surface area contributed by atoms with Crippen molar-refractivity contribution in [1.29, 1.82) is 0 Å². The Labute approximate surface area is 160 Å². The first-order chi connectivity index (χ1) is 13.2. The molecule has 10 nitrogen and oxygen atoms in total. The lowest BCUT2D eigenvalue weighted by Crippen LogP contribution is -2.51. The molecule has 1 aromatic heterocycles. The molecule has 0 saturated carbocycles. The van der Waals surface area contributed by atoms with Crippen molar-refractivity contribution < 1.29 is 22.7 Å². The maximum Gasteiger partial charge on any atom is 0.274 e. The maximum absolute atomic E-state index is 12.8. The standard InChI is InChI=1S/C17H20N4O6S/c1-21-17(24)11-6-4-3-5-10(11)15(20-21)16(23)19-13-9-28(25,26)8-12(13)18-14(22)7-27-2/h3-6,12-13H,7-9H2,1-2H3,(H,18,22)(H,19,23)/t12-,13-/m1/s1. The molecular weight excluding hydrogens is 388 g/mol. The zero-order valence-corrected chi connectivity index (χ0v) is 16.2. The van der Waals surface area contributed by atoms with Crippen molar-refractivity contribution in [3.05, 3.63) is 40.3 Å². The monoisotopic (exact) mass is 408 g/mol. The van der Waals surface area contributed by atoms with E-state index in [0.717, 1.165) is 4.68 Å². The number of amides is 2. The molecule has 2 N–H and O–H groups in total. The molecule has 0 radical (unpaired) electrons. The van der Waals surface area contributed by atoms with Crippen molar-refractivity contribution in [1.82, 2.24) is 20.4 Å². The number of carbonyl (C=O) groups is 2. The van der Waals surface area contributed by atoms with Crippen LogP contribution < -0.4 is 16.2 Å². The summed E-state index contributed by atoms with van der Waals surface area (Å²) in [5, 5.41) is 9.92. The van der Waals surface area contributed by atoms with Crippen LogP contribution in [0.25, 0.3) is 10.8 Å². The minimum Gasteiger partial charge on any atom is -0.375 e. The highest BCUT2D eigenvalue weighted by Gasteiger charge is 2.39. The van der Waals surface area contributed by atoms with Gasteiger partial charge in [-0.1, -0.05) is 18.2 Å². The third kappa shape index (κ3) is 4.04. The van der Waals surface area contributed by atoms with Gasteiger partial charge in [0.1, 0.15) is 6.61 Å². The fraction of sp³-hybridized carbons (Fsp3) is 0.412. The number of aromatic nitrogens is 2. The van der Waals surface area contributed by atoms with Gasteiger partial charge in [0.2, 0.25) is 5.91 Å². The summed E-state index contributed by atoms with van der Waals surface area (Å²) in [6, 6.07) is 4.93. The molecular formula is C17H20N4O6S. The smallest absolute Gasteiger partial charge is 0.274 e. The van der Waals surface area contributed by atoms with E-state index in [0.29, 0.717) is 10.8 Å². The number of nitrogens with one attached hydrogen (secondary N) is 2. The number of methoxy groups -OCH3 is 1. The largest absolute Gasteiger partial charge is 0.375 e. The molecule has 11 heteroatoms. The molecule has 0 bridgehead atoms. The van der Waals surface area contributed by atoms with Gasteiger partial charge < -0.3 is 15.4 Å². The number of hydrogen-bond donors (Lipinski definition) is 2. The Balaban J connectivity index is 1.89. The molecule has 28 heavy (non-hydrogen) atoms. The lowest BCUT2D eigenvalue weighted by molar-refractivity contribution is -0.125. The zero-order valence-electron chi connectivity index (χ0n) is 15.3. The average molecular weight is 408 g/mol. The van der Waals surface area contributed by atoms with Gasteiger partial charge in [-0.3, -0.25) is 14.4 Å². The molecule has 1 fully saturated rings. The molecule has 2 atom stereocenters. The van der Waals surface area contributed by atoms with Crippen molar-refractivity contribution in [2.75, 3.05) is 25.2 Å². The summed E-state index contributed by atoms with van der Waals surface area (Å²) in [6.45, 7) is -0.218. The van der Waals surface area contributed by atoms with E-state index in [-0.39, 0.29) is 29.4 Å². The van der Waals surface area contributed by atoms with E-state index in [2.05, 4.69) is 15.7 Å². The third-order valence-corrected chi connectivity index (χ3v) is 6.20. The van der Waals surface area contributed by atoms with Gasteiger partial charge in [-0.15, -0.1) is 0 Å². The number of aryl methyl sites for hydroxylation is 1. The zero-order chi connectivity index (χ0) is 20.5. The van der Waals surface area contributed by atoms with E-state index in [4.69, 9.17) is 4.74 Å². The molecule has 0 spiro atoms. The molecule has 1 aromatic carbocycles. The van der Waals surface area contributed by atoms with E-state index in [9.17, 15) is 22.8 Å². The highest BCUT2D eigenvalue weighted by molar-refractivity contribution is 7.91. The number of ether oxygens (including phenoxy) is 1. The second-order valence-corrected chi connectivity index (χ2v) is 8.74. The van der Waals surface area contributed by atoms with E-state index in [1.165, 1.54) is 14.2 Å². The molecule has 3 rings (SSSR count). The Morgan fingerprint density at radius 3 is 2.43 bits per heavy atom. The van der Waals surface area contributed by atoms with Gasteiger partial charge in [0, 0.05) is 19.5 Å². The van der Waals surface area contributed by atoms with Gasteiger partial charge in [-0.25, -0.2) is 13.1 Å². The first kappa shape index (κ1) is 20.0. The van der Waals surface area contributed by atoms with Crippen molar-refractivity contribution >= 4 is 32.4 Å². The van der Waals surface area contributed by atoms with Crippen molar-refractivity contribution in [2.45, 2.75) is 12.1 Å². The van der Waals surface area contributed by atoms with Crippen LogP contribution in [0.5, 0.6) is 0 Å². The van der Waals surface area contributed by atoms with Crippen LogP contribution in [0.15, 0.2) is 29.1 Å². The summed E-state index contributed by atoms with van der Waals surface area (Å²) in [6.07, 6.45) is 0. The minimum absolute atomic E-state index is 0.00367. The lowest BCUT2D eigenvalue weighted by Gasteiger charge is -2.20. The first-order valence-electron chi connectivity index (χ1n) is 8.47. The van der Waals surface area contributed by atoms with Crippen LogP contribution in [-0.2, 0) is 26.4 Å². The molecule has 150 valence electrons. The average Bonchev–Trinajstić information content (AvgIpc) is 2.91. The van der Waals surface area contributed by atoms with Gasteiger partial charge in [0.15, 0.2) is 15.5 Å². The van der Waals surface area contributed by atoms with Crippen LogP contribution in [0.2, 0.25) is 0 Å². The number of rotatable bonds is 5. The predicted octanol–water partition coefficient (Wildman–Crippen LogP) is -1.41. The Morgan fingerprint density at radius 2 is 1.79 bits per heavy atom. The van der Waals surface area contributed by atoms with Gasteiger partial charge in [-0.2, -0.15) is 5.10 Å². The number of sulfone groups is 1. The fourth-order valence-electron chi connectivity index (χ4n) is 3.22. The highest BCUT2D eigenvalue weighted by atomic mass is 32.2. The van der Waals surface area contributed by atoms with Gasteiger partial charge >= 0.3 is 0 Å². The normalized spacial score (nSPS) is 20.8. The quantitative estimate of drug-likeness (QED) is 0.620. The Kier molecular flexibility index (Phi) is 5.47. The van der Waals surface area contributed by atoms with E-state index in [1.807, 2.05) is 0 Å². The Hall–Kier alpha value is -2.79. The first-order valence-corrected chi connectivity index (χ1v) is 10.3. The van der Waals surface area contributed by atoms with Crippen LogP contribution in [-0.4, -0.2) is 67.3 Å². The van der Waals surface area contributed by atoms with Gasteiger partial charge in [0.25, 0.3) is 11.5 Å². The maximum atomic E-state index is 12.8. The second-order valence-electron chi connectivity index (χ2n) is 6.59. The fourth-order valence-corrected chi connectivity index (χ4v) is 5.08. The van der Waals surface area contributed by atoms with Crippen molar-refractivity contribution in [3.8, 4) is 0 Å². The van der Waals surface area contributed by atoms with E-state index in [1.54, 1.807) is 24.3 Å². The summed E-state index contributed by atoms with van der Waals surface area (Å²) in [5.74, 6) is -1.69. The van der Waals surface area contributed by atoms with Crippen LogP contribution in [0, 0.1) is 0 Å². The molecule has 2 amide bonds. The van der Waals surface area contributed by atoms with Crippen molar-refractivity contribution in [3.63, 3.8) is 0 Å². The van der Waals surface area contributed by atoms with Crippen LogP contribution in [0.4, 0.5) is 0 Å². The molecule has 0 unspecified atom stereocenters. The number of nitrogens with zero attached hydrogens (tertiary/aromatic N) is 2. The topological polar surface area (TPSA) is 136 Å². The van der Waals surface area contributed by atoms with E-state index < -0.39 is 33.7 Å². The number of fused-ring (bicyclic) bond motifs is 1. The summed E-state index contributed by atoms with van der Waals surface area (Å²) < 4.78 is 29.8. The molecule has 2 heterocycles. The molecule has 0 aliphatic carbocycles. The van der Waals surface area contributed by atoms with Crippen LogP contribution in [0.1, 0.15) is 10.5 Å². The number of benzene rings is 1. The minimum atomic E-state index is -3.44. The predicted molar refractivity (Wildman–Crippen MR) is 101 cm³/mol. The molecule has 1 aliphatic rings. The summed E-state index contributed by atoms with van der Waals surface area (Å²) >= 11 is 0. The number of hydrogen-bond acceptors (Lipinski definition) is 7. The molecule has 1 saturated heterocycles. The van der Waals surface area contributed by atoms with Crippen molar-refractivity contribution in [2.24, 2.45) is 7.05 Å².